The molecule has 1 unspecified atom stereocenters. The van der Waals surface area contributed by atoms with Crippen molar-refractivity contribution in [1.29, 1.82) is 0 Å². The number of aliphatic carboxylic acids is 1. The van der Waals surface area contributed by atoms with Crippen molar-refractivity contribution in [2.75, 3.05) is 6.61 Å². The Bertz CT molecular complexity index is 238. The molecule has 0 spiro atoms. The molecule has 0 heterocycles. The fourth-order valence-electron chi connectivity index (χ4n) is 1.15. The van der Waals surface area contributed by atoms with Crippen LogP contribution in [-0.4, -0.2) is 35.7 Å². The summed E-state index contributed by atoms with van der Waals surface area (Å²) in [5, 5.41) is 11.3. The maximum absolute atomic E-state index is 11.4. The molecule has 0 aliphatic carbocycles. The van der Waals surface area contributed by atoms with Crippen molar-refractivity contribution >= 4 is 11.9 Å². The highest BCUT2D eigenvalue weighted by Crippen LogP contribution is 2.02. The summed E-state index contributed by atoms with van der Waals surface area (Å²) in [5.41, 5.74) is 0. The highest BCUT2D eigenvalue weighted by molar-refractivity contribution is 5.83. The second kappa shape index (κ2) is 7.22. The molecule has 0 bridgehead atoms. The molecular formula is C11H21NO4. The Morgan fingerprint density at radius 3 is 2.19 bits per heavy atom. The van der Waals surface area contributed by atoms with Crippen molar-refractivity contribution < 1.29 is 19.4 Å². The van der Waals surface area contributed by atoms with E-state index in [1.165, 1.54) is 0 Å². The van der Waals surface area contributed by atoms with E-state index in [1.54, 1.807) is 13.8 Å². The molecule has 0 aliphatic rings. The molecular weight excluding hydrogens is 210 g/mol. The molecule has 5 heteroatoms. The van der Waals surface area contributed by atoms with Gasteiger partial charge in [0.05, 0.1) is 12.7 Å². The number of nitrogens with one attached hydrogen (secondary N) is 1. The van der Waals surface area contributed by atoms with Gasteiger partial charge in [0.25, 0.3) is 0 Å². The van der Waals surface area contributed by atoms with Gasteiger partial charge in [-0.25, -0.2) is 4.79 Å². The first kappa shape index (κ1) is 14.9. The van der Waals surface area contributed by atoms with Gasteiger partial charge in [-0.05, 0) is 19.8 Å². The Morgan fingerprint density at radius 2 is 1.81 bits per heavy atom. The number of hydrogen-bond donors (Lipinski definition) is 2. The molecule has 1 amide bonds. The molecule has 0 aliphatic heterocycles. The van der Waals surface area contributed by atoms with Crippen LogP contribution in [0.5, 0.6) is 0 Å². The molecule has 0 aromatic heterocycles. The number of carbonyl (C=O) groups is 2. The summed E-state index contributed by atoms with van der Waals surface area (Å²) in [6, 6.07) is -0.827. The number of ether oxygens (including phenoxy) is 1. The Labute approximate surface area is 96.2 Å². The fraction of sp³-hybridized carbons (Fsp3) is 0.818. The Morgan fingerprint density at radius 1 is 1.25 bits per heavy atom. The first-order valence-corrected chi connectivity index (χ1v) is 5.48. The van der Waals surface area contributed by atoms with Gasteiger partial charge in [0.2, 0.25) is 5.91 Å². The van der Waals surface area contributed by atoms with E-state index in [4.69, 9.17) is 9.84 Å². The lowest BCUT2D eigenvalue weighted by Gasteiger charge is -2.18. The van der Waals surface area contributed by atoms with E-state index in [0.29, 0.717) is 6.61 Å². The molecule has 0 aromatic carbocycles. The van der Waals surface area contributed by atoms with Crippen LogP contribution in [0.4, 0.5) is 0 Å². The van der Waals surface area contributed by atoms with Crippen LogP contribution in [0, 0.1) is 5.92 Å². The van der Waals surface area contributed by atoms with Gasteiger partial charge in [-0.1, -0.05) is 13.8 Å². The van der Waals surface area contributed by atoms with Crippen molar-refractivity contribution in [3.05, 3.63) is 0 Å². The van der Waals surface area contributed by atoms with Gasteiger partial charge in [0.15, 0.2) is 0 Å². The molecule has 1 atom stereocenters. The minimum absolute atomic E-state index is 0.0770. The third kappa shape index (κ3) is 6.40. The lowest BCUT2D eigenvalue weighted by atomic mass is 10.0. The first-order chi connectivity index (χ1) is 7.34. The average Bonchev–Trinajstić information content (AvgIpc) is 2.12. The average molecular weight is 231 g/mol. The quantitative estimate of drug-likeness (QED) is 0.686. The fourth-order valence-corrected chi connectivity index (χ4v) is 1.15. The predicted octanol–water partition coefficient (Wildman–Crippen LogP) is 1.03. The molecule has 0 radical (unpaired) electrons. The molecule has 2 N–H and O–H groups in total. The second-order valence-electron chi connectivity index (χ2n) is 4.30. The Kier molecular flexibility index (Phi) is 6.72. The van der Waals surface area contributed by atoms with Crippen molar-refractivity contribution in [2.45, 2.75) is 46.3 Å². The minimum Gasteiger partial charge on any atom is -0.480 e. The standard InChI is InChI=1S/C11H21NO4/c1-7(2)10(11(14)15)12-9(13)5-6-16-8(3)4/h7-8,10H,5-6H2,1-4H3,(H,12,13)(H,14,15). The third-order valence-electron chi connectivity index (χ3n) is 2.03. The SMILES string of the molecule is CC(C)OCCC(=O)NC(C(=O)O)C(C)C. The highest BCUT2D eigenvalue weighted by Gasteiger charge is 2.22. The third-order valence-corrected chi connectivity index (χ3v) is 2.03. The van der Waals surface area contributed by atoms with E-state index >= 15 is 0 Å². The van der Waals surface area contributed by atoms with Gasteiger partial charge in [-0.2, -0.15) is 0 Å². The number of amides is 1. The lowest BCUT2D eigenvalue weighted by Crippen LogP contribution is -2.44. The summed E-state index contributed by atoms with van der Waals surface area (Å²) >= 11 is 0. The van der Waals surface area contributed by atoms with Crippen molar-refractivity contribution in [3.63, 3.8) is 0 Å². The van der Waals surface area contributed by atoms with Gasteiger partial charge in [0.1, 0.15) is 6.04 Å². The van der Waals surface area contributed by atoms with Crippen LogP contribution >= 0.6 is 0 Å². The number of carboxylic acid groups (broad SMARTS) is 1. The van der Waals surface area contributed by atoms with Crippen LogP contribution in [0.2, 0.25) is 0 Å². The van der Waals surface area contributed by atoms with Gasteiger partial charge in [-0.3, -0.25) is 4.79 Å². The maximum atomic E-state index is 11.4. The van der Waals surface area contributed by atoms with Crippen LogP contribution in [0.25, 0.3) is 0 Å². The smallest absolute Gasteiger partial charge is 0.326 e. The summed E-state index contributed by atoms with van der Waals surface area (Å²) in [7, 11) is 0. The summed E-state index contributed by atoms with van der Waals surface area (Å²) in [6.45, 7) is 7.58. The number of carbonyl (C=O) groups excluding carboxylic acids is 1. The zero-order chi connectivity index (χ0) is 12.7. The van der Waals surface area contributed by atoms with Crippen molar-refractivity contribution in [2.24, 2.45) is 5.92 Å². The van der Waals surface area contributed by atoms with Gasteiger partial charge < -0.3 is 15.2 Å². The van der Waals surface area contributed by atoms with E-state index < -0.39 is 12.0 Å². The normalized spacial score (nSPS) is 12.9. The molecule has 5 nitrogen and oxygen atoms in total. The van der Waals surface area contributed by atoms with Gasteiger partial charge >= 0.3 is 5.97 Å². The zero-order valence-electron chi connectivity index (χ0n) is 10.3. The van der Waals surface area contributed by atoms with E-state index in [9.17, 15) is 9.59 Å². The molecule has 16 heavy (non-hydrogen) atoms. The molecule has 94 valence electrons. The van der Waals surface area contributed by atoms with Crippen molar-refractivity contribution in [3.8, 4) is 0 Å². The summed E-state index contributed by atoms with van der Waals surface area (Å²) in [5.74, 6) is -1.43. The van der Waals surface area contributed by atoms with E-state index in [0.717, 1.165) is 0 Å². The van der Waals surface area contributed by atoms with Gasteiger partial charge in [-0.15, -0.1) is 0 Å². The van der Waals surface area contributed by atoms with Crippen LogP contribution in [0.15, 0.2) is 0 Å². The van der Waals surface area contributed by atoms with Crippen LogP contribution in [0.3, 0.4) is 0 Å². The van der Waals surface area contributed by atoms with E-state index in [2.05, 4.69) is 5.32 Å². The molecule has 0 rings (SSSR count). The highest BCUT2D eigenvalue weighted by atomic mass is 16.5. The monoisotopic (exact) mass is 231 g/mol. The van der Waals surface area contributed by atoms with Crippen LogP contribution < -0.4 is 5.32 Å². The topological polar surface area (TPSA) is 75.6 Å². The molecule has 0 aromatic rings. The number of hydrogen-bond acceptors (Lipinski definition) is 3. The van der Waals surface area contributed by atoms with Gasteiger partial charge in [0, 0.05) is 6.42 Å². The molecule has 0 fully saturated rings. The predicted molar refractivity (Wildman–Crippen MR) is 60.1 cm³/mol. The summed E-state index contributed by atoms with van der Waals surface area (Å²) in [4.78, 5) is 22.2. The molecule has 0 saturated heterocycles. The lowest BCUT2D eigenvalue weighted by molar-refractivity contribution is -0.143. The Balaban J connectivity index is 3.97. The summed E-state index contributed by atoms with van der Waals surface area (Å²) in [6.07, 6.45) is 0.266. The minimum atomic E-state index is -1.01. The second-order valence-corrected chi connectivity index (χ2v) is 4.30. The first-order valence-electron chi connectivity index (χ1n) is 5.48. The maximum Gasteiger partial charge on any atom is 0.326 e. The van der Waals surface area contributed by atoms with Crippen LogP contribution in [-0.2, 0) is 14.3 Å². The van der Waals surface area contributed by atoms with E-state index in [-0.39, 0.29) is 24.3 Å². The Hall–Kier alpha value is -1.10. The van der Waals surface area contributed by atoms with Crippen molar-refractivity contribution in [1.82, 2.24) is 5.32 Å². The van der Waals surface area contributed by atoms with E-state index in [1.807, 2.05) is 13.8 Å². The summed E-state index contributed by atoms with van der Waals surface area (Å²) < 4.78 is 5.21. The number of rotatable bonds is 7. The van der Waals surface area contributed by atoms with Crippen LogP contribution in [0.1, 0.15) is 34.1 Å². The number of carboxylic acids is 1. The zero-order valence-corrected chi connectivity index (χ0v) is 10.3. The molecule has 0 saturated carbocycles. The largest absolute Gasteiger partial charge is 0.480 e.